The lowest BCUT2D eigenvalue weighted by molar-refractivity contribution is 0.0778. The summed E-state index contributed by atoms with van der Waals surface area (Å²) >= 11 is 0. The maximum atomic E-state index is 10.6. The highest BCUT2D eigenvalue weighted by Crippen LogP contribution is 2.34. The number of aliphatic hydroxyl groups is 1. The lowest BCUT2D eigenvalue weighted by Crippen LogP contribution is -2.31. The molecule has 3 rings (SSSR count). The molecule has 0 radical (unpaired) electrons. The highest BCUT2D eigenvalue weighted by atomic mass is 16.3. The van der Waals surface area contributed by atoms with Gasteiger partial charge in [0, 0.05) is 30.6 Å². The van der Waals surface area contributed by atoms with Crippen molar-refractivity contribution in [1.82, 2.24) is 9.88 Å². The van der Waals surface area contributed by atoms with Gasteiger partial charge in [-0.1, -0.05) is 18.2 Å². The summed E-state index contributed by atoms with van der Waals surface area (Å²) in [6.45, 7) is 5.63. The van der Waals surface area contributed by atoms with Crippen LogP contribution >= 0.6 is 0 Å². The number of fused-ring (bicyclic) bond motifs is 2. The van der Waals surface area contributed by atoms with Gasteiger partial charge in [-0.3, -0.25) is 4.98 Å². The number of para-hydroxylation sites is 1. The van der Waals surface area contributed by atoms with Gasteiger partial charge in [-0.25, -0.2) is 0 Å². The Morgan fingerprint density at radius 1 is 1.26 bits per heavy atom. The van der Waals surface area contributed by atoms with E-state index in [9.17, 15) is 5.11 Å². The van der Waals surface area contributed by atoms with Crippen molar-refractivity contribution in [2.24, 2.45) is 0 Å². The molecule has 2 aromatic rings. The third-order valence-electron chi connectivity index (χ3n) is 3.85. The molecular formula is C16H20N2O. The van der Waals surface area contributed by atoms with E-state index in [4.69, 9.17) is 4.98 Å². The number of benzene rings is 1. The first kappa shape index (κ1) is 12.6. The summed E-state index contributed by atoms with van der Waals surface area (Å²) < 4.78 is 0. The van der Waals surface area contributed by atoms with Crippen molar-refractivity contribution >= 4 is 10.9 Å². The van der Waals surface area contributed by atoms with Crippen LogP contribution in [-0.2, 0) is 18.6 Å². The molecule has 1 aliphatic rings. The molecule has 0 saturated carbocycles. The molecular weight excluding hydrogens is 236 g/mol. The monoisotopic (exact) mass is 256 g/mol. The SMILES string of the molecule is CN1CCc2nc3ccccc3c(C(C)(C)O)c2C1. The van der Waals surface area contributed by atoms with Gasteiger partial charge in [0.25, 0.3) is 0 Å². The van der Waals surface area contributed by atoms with Crippen molar-refractivity contribution in [1.29, 1.82) is 0 Å². The summed E-state index contributed by atoms with van der Waals surface area (Å²) in [5.41, 5.74) is 3.54. The van der Waals surface area contributed by atoms with Crippen molar-refractivity contribution in [3.63, 3.8) is 0 Å². The number of likely N-dealkylation sites (N-methyl/N-ethyl adjacent to an activating group) is 1. The van der Waals surface area contributed by atoms with Crippen LogP contribution in [0.3, 0.4) is 0 Å². The summed E-state index contributed by atoms with van der Waals surface area (Å²) in [5.74, 6) is 0. The molecule has 19 heavy (non-hydrogen) atoms. The smallest absolute Gasteiger partial charge is 0.0850 e. The molecule has 0 spiro atoms. The highest BCUT2D eigenvalue weighted by molar-refractivity contribution is 5.84. The van der Waals surface area contributed by atoms with Crippen molar-refractivity contribution in [2.75, 3.05) is 13.6 Å². The second-order valence-electron chi connectivity index (χ2n) is 5.98. The topological polar surface area (TPSA) is 36.4 Å². The molecule has 2 heterocycles. The number of rotatable bonds is 1. The third-order valence-corrected chi connectivity index (χ3v) is 3.85. The molecule has 0 bridgehead atoms. The van der Waals surface area contributed by atoms with Gasteiger partial charge in [0.2, 0.25) is 0 Å². The van der Waals surface area contributed by atoms with Gasteiger partial charge in [-0.2, -0.15) is 0 Å². The average Bonchev–Trinajstić information content (AvgIpc) is 2.34. The molecule has 1 aromatic heterocycles. The molecule has 1 aliphatic heterocycles. The van der Waals surface area contributed by atoms with Gasteiger partial charge < -0.3 is 10.0 Å². The second kappa shape index (κ2) is 4.29. The van der Waals surface area contributed by atoms with Crippen LogP contribution in [0.4, 0.5) is 0 Å². The minimum absolute atomic E-state index is 0.842. The van der Waals surface area contributed by atoms with Crippen LogP contribution < -0.4 is 0 Å². The molecule has 3 heteroatoms. The molecule has 0 fully saturated rings. The first-order chi connectivity index (χ1) is 8.97. The highest BCUT2D eigenvalue weighted by Gasteiger charge is 2.28. The van der Waals surface area contributed by atoms with Gasteiger partial charge in [0.15, 0.2) is 0 Å². The molecule has 0 amide bonds. The van der Waals surface area contributed by atoms with Crippen LogP contribution in [0.15, 0.2) is 24.3 Å². The molecule has 1 N–H and O–H groups in total. The van der Waals surface area contributed by atoms with E-state index < -0.39 is 5.60 Å². The lowest BCUT2D eigenvalue weighted by atomic mass is 9.86. The van der Waals surface area contributed by atoms with Crippen LogP contribution in [0.5, 0.6) is 0 Å². The summed E-state index contributed by atoms with van der Waals surface area (Å²) in [5, 5.41) is 11.7. The van der Waals surface area contributed by atoms with E-state index in [-0.39, 0.29) is 0 Å². The summed E-state index contributed by atoms with van der Waals surface area (Å²) in [4.78, 5) is 7.07. The standard InChI is InChI=1S/C16H20N2O/c1-16(2,19)15-11-6-4-5-7-13(11)17-14-8-9-18(3)10-12(14)15/h4-7,19H,8-10H2,1-3H3. The molecule has 100 valence electrons. The zero-order valence-corrected chi connectivity index (χ0v) is 11.8. The van der Waals surface area contributed by atoms with Gasteiger partial charge >= 0.3 is 0 Å². The van der Waals surface area contributed by atoms with Crippen molar-refractivity contribution in [2.45, 2.75) is 32.4 Å². The Morgan fingerprint density at radius 2 is 2.00 bits per heavy atom. The van der Waals surface area contributed by atoms with Crippen LogP contribution in [-0.4, -0.2) is 28.6 Å². The zero-order chi connectivity index (χ0) is 13.6. The zero-order valence-electron chi connectivity index (χ0n) is 11.8. The fraction of sp³-hybridized carbons (Fsp3) is 0.438. The van der Waals surface area contributed by atoms with Crippen LogP contribution in [0.2, 0.25) is 0 Å². The van der Waals surface area contributed by atoms with E-state index in [1.54, 1.807) is 0 Å². The van der Waals surface area contributed by atoms with E-state index in [1.165, 1.54) is 5.56 Å². The summed E-state index contributed by atoms with van der Waals surface area (Å²) in [6.07, 6.45) is 0.958. The van der Waals surface area contributed by atoms with Crippen LogP contribution in [0, 0.1) is 0 Å². The van der Waals surface area contributed by atoms with E-state index in [1.807, 2.05) is 32.0 Å². The second-order valence-corrected chi connectivity index (χ2v) is 5.98. The fourth-order valence-electron chi connectivity index (χ4n) is 3.02. The fourth-order valence-corrected chi connectivity index (χ4v) is 3.02. The minimum Gasteiger partial charge on any atom is -0.386 e. The van der Waals surface area contributed by atoms with Crippen LogP contribution in [0.25, 0.3) is 10.9 Å². The third kappa shape index (κ3) is 2.13. The molecule has 3 nitrogen and oxygen atoms in total. The summed E-state index contributed by atoms with van der Waals surface area (Å²) in [7, 11) is 2.12. The Morgan fingerprint density at radius 3 is 2.74 bits per heavy atom. The number of hydrogen-bond acceptors (Lipinski definition) is 3. The van der Waals surface area contributed by atoms with Crippen LogP contribution in [0.1, 0.15) is 30.7 Å². The minimum atomic E-state index is -0.842. The first-order valence-electron chi connectivity index (χ1n) is 6.78. The van der Waals surface area contributed by atoms with E-state index >= 15 is 0 Å². The maximum Gasteiger partial charge on any atom is 0.0850 e. The molecule has 1 aromatic carbocycles. The average molecular weight is 256 g/mol. The molecule has 0 saturated heterocycles. The lowest BCUT2D eigenvalue weighted by Gasteiger charge is -2.31. The van der Waals surface area contributed by atoms with E-state index in [2.05, 4.69) is 18.0 Å². The Kier molecular flexibility index (Phi) is 2.84. The Labute approximate surface area is 113 Å². The first-order valence-corrected chi connectivity index (χ1v) is 6.78. The number of nitrogens with zero attached hydrogens (tertiary/aromatic N) is 2. The van der Waals surface area contributed by atoms with Crippen molar-refractivity contribution < 1.29 is 5.11 Å². The molecule has 0 unspecified atom stereocenters. The van der Waals surface area contributed by atoms with E-state index in [0.717, 1.165) is 41.7 Å². The van der Waals surface area contributed by atoms with Crippen molar-refractivity contribution in [3.05, 3.63) is 41.1 Å². The van der Waals surface area contributed by atoms with E-state index in [0.29, 0.717) is 0 Å². The quantitative estimate of drug-likeness (QED) is 0.851. The largest absolute Gasteiger partial charge is 0.386 e. The van der Waals surface area contributed by atoms with Gasteiger partial charge in [0.05, 0.1) is 11.1 Å². The summed E-state index contributed by atoms with van der Waals surface area (Å²) in [6, 6.07) is 8.11. The van der Waals surface area contributed by atoms with Crippen molar-refractivity contribution in [3.8, 4) is 0 Å². The Balaban J connectivity index is 2.37. The predicted molar refractivity (Wildman–Crippen MR) is 77.0 cm³/mol. The van der Waals surface area contributed by atoms with Gasteiger partial charge in [-0.05, 0) is 38.1 Å². The molecule has 0 atom stereocenters. The maximum absolute atomic E-state index is 10.6. The number of aromatic nitrogens is 1. The molecule has 0 aliphatic carbocycles. The Hall–Kier alpha value is -1.45. The van der Waals surface area contributed by atoms with Gasteiger partial charge in [-0.15, -0.1) is 0 Å². The normalized spacial score (nSPS) is 16.6. The van der Waals surface area contributed by atoms with Gasteiger partial charge in [0.1, 0.15) is 0 Å². The number of pyridine rings is 1. The predicted octanol–water partition coefficient (Wildman–Crippen LogP) is 2.45. The Bertz CT molecular complexity index is 628. The number of hydrogen-bond donors (Lipinski definition) is 1.